The van der Waals surface area contributed by atoms with Gasteiger partial charge in [0.1, 0.15) is 5.76 Å². The van der Waals surface area contributed by atoms with E-state index in [1.807, 2.05) is 13.0 Å². The molecule has 2 heterocycles. The smallest absolute Gasteiger partial charge is 0.478 e. The summed E-state index contributed by atoms with van der Waals surface area (Å²) in [6.45, 7) is 3.63. The van der Waals surface area contributed by atoms with Crippen molar-refractivity contribution in [1.82, 2.24) is 10.1 Å². The van der Waals surface area contributed by atoms with Crippen molar-refractivity contribution in [2.24, 2.45) is 5.73 Å². The number of aryl methyl sites for hydroxylation is 2. The monoisotopic (exact) mass is 446 g/mol. The minimum atomic E-state index is -1.83. The first-order valence-corrected chi connectivity index (χ1v) is 9.83. The molecule has 11 heteroatoms. The fourth-order valence-corrected chi connectivity index (χ4v) is 3.71. The second kappa shape index (κ2) is 8.38. The minimum absolute atomic E-state index is 0.0109. The second-order valence-electron chi connectivity index (χ2n) is 7.45. The number of hydrogen-bond acceptors (Lipinski definition) is 8. The zero-order chi connectivity index (χ0) is 23.9. The van der Waals surface area contributed by atoms with Gasteiger partial charge >= 0.3 is 13.1 Å². The van der Waals surface area contributed by atoms with Crippen LogP contribution in [0.1, 0.15) is 32.2 Å². The number of aromatic carboxylic acids is 1. The summed E-state index contributed by atoms with van der Waals surface area (Å²) in [6, 6.07) is 9.25. The number of fused-ring (bicyclic) bond motifs is 1. The Morgan fingerprint density at radius 1 is 1.09 bits per heavy atom. The van der Waals surface area contributed by atoms with Crippen LogP contribution in [-0.4, -0.2) is 44.3 Å². The molecule has 2 aromatic heterocycles. The molecule has 0 unspecified atom stereocenters. The van der Waals surface area contributed by atoms with Gasteiger partial charge in [0.2, 0.25) is 0 Å². The van der Waals surface area contributed by atoms with Gasteiger partial charge in [0.05, 0.1) is 33.7 Å². The Labute approximate surface area is 187 Å². The second-order valence-corrected chi connectivity index (χ2v) is 7.45. The van der Waals surface area contributed by atoms with E-state index in [4.69, 9.17) is 10.3 Å². The summed E-state index contributed by atoms with van der Waals surface area (Å²) in [7, 11) is -1.83. The van der Waals surface area contributed by atoms with E-state index in [-0.39, 0.29) is 28.0 Å². The number of carboxylic acid groups (broad SMARTS) is 1. The number of carboxylic acids is 1. The van der Waals surface area contributed by atoms with Gasteiger partial charge in [-0.25, -0.2) is 4.79 Å². The van der Waals surface area contributed by atoms with Crippen LogP contribution >= 0.6 is 0 Å². The van der Waals surface area contributed by atoms with Crippen molar-refractivity contribution in [1.29, 1.82) is 0 Å². The topological polar surface area (TPSA) is 172 Å². The summed E-state index contributed by atoms with van der Waals surface area (Å²) >= 11 is 0. The number of carbonyl (C=O) groups is 2. The van der Waals surface area contributed by atoms with Crippen LogP contribution in [0.4, 0.5) is 11.4 Å². The first kappa shape index (κ1) is 22.0. The van der Waals surface area contributed by atoms with Gasteiger partial charge < -0.3 is 30.7 Å². The largest absolute Gasteiger partial charge is 0.488 e. The first-order valence-electron chi connectivity index (χ1n) is 9.83. The molecule has 0 atom stereocenters. The number of hydrogen-bond donors (Lipinski definition) is 5. The summed E-state index contributed by atoms with van der Waals surface area (Å²) in [5.74, 6) is -1.39. The van der Waals surface area contributed by atoms with Crippen LogP contribution in [0, 0.1) is 13.8 Å². The summed E-state index contributed by atoms with van der Waals surface area (Å²) in [5.41, 5.74) is 8.71. The van der Waals surface area contributed by atoms with E-state index in [0.29, 0.717) is 16.7 Å². The highest BCUT2D eigenvalue weighted by molar-refractivity contribution is 6.58. The van der Waals surface area contributed by atoms with Crippen LogP contribution in [0.2, 0.25) is 0 Å². The van der Waals surface area contributed by atoms with Gasteiger partial charge in [0.15, 0.2) is 0 Å². The van der Waals surface area contributed by atoms with Crippen molar-refractivity contribution >= 4 is 46.7 Å². The highest BCUT2D eigenvalue weighted by Gasteiger charge is 2.21. The molecule has 1 amide bonds. The Morgan fingerprint density at radius 2 is 1.85 bits per heavy atom. The van der Waals surface area contributed by atoms with E-state index in [9.17, 15) is 24.7 Å². The molecule has 0 aliphatic heterocycles. The van der Waals surface area contributed by atoms with Gasteiger partial charge in [-0.2, -0.15) is 0 Å². The number of pyridine rings is 1. The van der Waals surface area contributed by atoms with Crippen molar-refractivity contribution in [2.45, 2.75) is 13.8 Å². The van der Waals surface area contributed by atoms with Crippen molar-refractivity contribution in [2.75, 3.05) is 5.32 Å². The number of primary amides is 1. The van der Waals surface area contributed by atoms with E-state index in [2.05, 4.69) is 15.5 Å². The molecule has 0 spiro atoms. The molecule has 0 aliphatic rings. The number of amides is 1. The molecule has 0 fully saturated rings. The molecular formula is C22H19BN4O6. The van der Waals surface area contributed by atoms with Crippen molar-refractivity contribution < 1.29 is 29.3 Å². The van der Waals surface area contributed by atoms with Gasteiger partial charge in [-0.05, 0) is 43.1 Å². The molecule has 0 aliphatic carbocycles. The Kier molecular flexibility index (Phi) is 5.58. The number of anilines is 2. The number of carbonyl (C=O) groups excluding carboxylic acids is 1. The maximum Gasteiger partial charge on any atom is 0.488 e. The SMILES string of the molecule is Cc1noc(C)c1-c1ccc2c(Nc3ccc(B(O)O)cc3C(=O)O)c(C(N)=O)cnc2c1. The fraction of sp³-hybridized carbons (Fsp3) is 0.0909. The average Bonchev–Trinajstić information content (AvgIpc) is 3.11. The number of nitrogens with two attached hydrogens (primary N) is 1. The van der Waals surface area contributed by atoms with Crippen LogP contribution in [0.15, 0.2) is 47.1 Å². The molecular weight excluding hydrogens is 427 g/mol. The van der Waals surface area contributed by atoms with E-state index < -0.39 is 19.0 Å². The third-order valence-corrected chi connectivity index (χ3v) is 5.29. The number of nitrogens with zero attached hydrogens (tertiary/aromatic N) is 2. The van der Waals surface area contributed by atoms with Crippen LogP contribution in [0.25, 0.3) is 22.0 Å². The quantitative estimate of drug-likeness (QED) is 0.277. The lowest BCUT2D eigenvalue weighted by atomic mass is 9.79. The van der Waals surface area contributed by atoms with Crippen molar-refractivity contribution in [3.05, 3.63) is 65.2 Å². The zero-order valence-electron chi connectivity index (χ0n) is 17.7. The zero-order valence-corrected chi connectivity index (χ0v) is 17.7. The standard InChI is InChI=1S/C22H19BN4O6/c1-10-19(11(2)33-27-10)12-3-5-14-18(7-12)25-9-16(21(24)28)20(14)26-17-6-4-13(23(31)32)8-15(17)22(29)30/h3-9,31-32H,1-2H3,(H2,24,28)(H,25,26)(H,29,30). The lowest BCUT2D eigenvalue weighted by molar-refractivity contribution is 0.0698. The summed E-state index contributed by atoms with van der Waals surface area (Å²) < 4.78 is 5.24. The molecule has 33 heavy (non-hydrogen) atoms. The molecule has 0 saturated carbocycles. The molecule has 0 bridgehead atoms. The van der Waals surface area contributed by atoms with E-state index in [1.54, 1.807) is 19.1 Å². The van der Waals surface area contributed by atoms with Gasteiger partial charge in [-0.15, -0.1) is 0 Å². The van der Waals surface area contributed by atoms with Gasteiger partial charge in [-0.1, -0.05) is 23.4 Å². The van der Waals surface area contributed by atoms with Gasteiger partial charge in [0.25, 0.3) is 5.91 Å². The van der Waals surface area contributed by atoms with E-state index in [1.165, 1.54) is 18.3 Å². The third kappa shape index (κ3) is 4.02. The Balaban J connectivity index is 1.88. The molecule has 4 aromatic rings. The Bertz CT molecular complexity index is 1400. The number of aromatic nitrogens is 2. The van der Waals surface area contributed by atoms with Crippen LogP contribution < -0.4 is 16.5 Å². The normalized spacial score (nSPS) is 10.9. The number of benzene rings is 2. The predicted molar refractivity (Wildman–Crippen MR) is 122 cm³/mol. The lowest BCUT2D eigenvalue weighted by Crippen LogP contribution is -2.30. The van der Waals surface area contributed by atoms with Crippen molar-refractivity contribution in [3.8, 4) is 11.1 Å². The first-order chi connectivity index (χ1) is 15.7. The summed E-state index contributed by atoms with van der Waals surface area (Å²) in [4.78, 5) is 28.2. The molecule has 0 saturated heterocycles. The number of nitrogens with one attached hydrogen (secondary N) is 1. The van der Waals surface area contributed by atoms with Crippen molar-refractivity contribution in [3.63, 3.8) is 0 Å². The van der Waals surface area contributed by atoms with E-state index in [0.717, 1.165) is 22.9 Å². The molecule has 2 aromatic carbocycles. The Morgan fingerprint density at radius 3 is 2.45 bits per heavy atom. The van der Waals surface area contributed by atoms with E-state index >= 15 is 0 Å². The maximum absolute atomic E-state index is 12.1. The van der Waals surface area contributed by atoms with Crippen LogP contribution in [-0.2, 0) is 0 Å². The summed E-state index contributed by atoms with van der Waals surface area (Å²) in [5, 5.41) is 35.8. The highest BCUT2D eigenvalue weighted by atomic mass is 16.5. The highest BCUT2D eigenvalue weighted by Crippen LogP contribution is 2.34. The minimum Gasteiger partial charge on any atom is -0.478 e. The Hall–Kier alpha value is -4.22. The third-order valence-electron chi connectivity index (χ3n) is 5.29. The maximum atomic E-state index is 12.1. The lowest BCUT2D eigenvalue weighted by Gasteiger charge is -2.16. The molecule has 4 rings (SSSR count). The molecule has 10 nitrogen and oxygen atoms in total. The van der Waals surface area contributed by atoms with Crippen LogP contribution in [0.3, 0.4) is 0 Å². The summed E-state index contributed by atoms with van der Waals surface area (Å²) in [6.07, 6.45) is 1.32. The number of rotatable bonds is 6. The predicted octanol–water partition coefficient (Wildman–Crippen LogP) is 1.73. The van der Waals surface area contributed by atoms with Crippen LogP contribution in [0.5, 0.6) is 0 Å². The molecule has 0 radical (unpaired) electrons. The molecule has 166 valence electrons. The fourth-order valence-electron chi connectivity index (χ4n) is 3.71. The van der Waals surface area contributed by atoms with Gasteiger partial charge in [0, 0.05) is 17.1 Å². The average molecular weight is 446 g/mol. The molecule has 6 N–H and O–H groups in total. The van der Waals surface area contributed by atoms with Gasteiger partial charge in [-0.3, -0.25) is 9.78 Å².